The van der Waals surface area contributed by atoms with E-state index >= 15 is 0 Å². The van der Waals surface area contributed by atoms with E-state index in [4.69, 9.17) is 0 Å². The second-order valence-electron chi connectivity index (χ2n) is 4.77. The van der Waals surface area contributed by atoms with Crippen molar-refractivity contribution in [3.8, 4) is 0 Å². The summed E-state index contributed by atoms with van der Waals surface area (Å²) in [6.07, 6.45) is 8.53. The monoisotopic (exact) mass is 273 g/mol. The molecule has 0 aliphatic heterocycles. The lowest BCUT2D eigenvalue weighted by molar-refractivity contribution is -0.124. The number of nitrogens with one attached hydrogen (secondary N) is 1. The third kappa shape index (κ3) is 4.46. The van der Waals surface area contributed by atoms with Crippen molar-refractivity contribution in [2.45, 2.75) is 26.3 Å². The molecule has 0 radical (unpaired) electrons. The van der Waals surface area contributed by atoms with Gasteiger partial charge in [0.25, 0.3) is 0 Å². The van der Waals surface area contributed by atoms with Crippen LogP contribution in [0.25, 0.3) is 0 Å². The number of pyridine rings is 1. The second kappa shape index (κ2) is 7.37. The molecule has 6 nitrogen and oxygen atoms in total. The third-order valence-corrected chi connectivity index (χ3v) is 3.07. The van der Waals surface area contributed by atoms with Gasteiger partial charge in [0.05, 0.1) is 12.5 Å². The predicted molar refractivity (Wildman–Crippen MR) is 74.8 cm³/mol. The molecule has 0 saturated carbocycles. The maximum absolute atomic E-state index is 11.9. The Hall–Kier alpha value is -2.24. The summed E-state index contributed by atoms with van der Waals surface area (Å²) >= 11 is 0. The van der Waals surface area contributed by atoms with Crippen molar-refractivity contribution in [2.24, 2.45) is 5.92 Å². The summed E-state index contributed by atoms with van der Waals surface area (Å²) < 4.78 is 1.67. The van der Waals surface area contributed by atoms with Crippen LogP contribution in [-0.4, -0.2) is 32.2 Å². The molecule has 0 spiro atoms. The lowest BCUT2D eigenvalue weighted by Crippen LogP contribution is -2.32. The Labute approximate surface area is 118 Å². The van der Waals surface area contributed by atoms with Gasteiger partial charge in [0.2, 0.25) is 5.91 Å². The van der Waals surface area contributed by atoms with E-state index in [1.54, 1.807) is 23.4 Å². The van der Waals surface area contributed by atoms with Crippen LogP contribution in [0.3, 0.4) is 0 Å². The van der Waals surface area contributed by atoms with Crippen LogP contribution in [0.4, 0.5) is 0 Å². The highest BCUT2D eigenvalue weighted by Crippen LogP contribution is 2.01. The maximum Gasteiger partial charge on any atom is 0.224 e. The maximum atomic E-state index is 11.9. The molecule has 0 aromatic carbocycles. The number of rotatable bonds is 7. The van der Waals surface area contributed by atoms with Gasteiger partial charge < -0.3 is 5.32 Å². The lowest BCUT2D eigenvalue weighted by Gasteiger charge is -2.11. The van der Waals surface area contributed by atoms with Gasteiger partial charge in [0, 0.05) is 18.9 Å². The Morgan fingerprint density at radius 3 is 2.85 bits per heavy atom. The fourth-order valence-electron chi connectivity index (χ4n) is 1.92. The highest BCUT2D eigenvalue weighted by molar-refractivity contribution is 5.78. The molecule has 0 saturated heterocycles. The van der Waals surface area contributed by atoms with E-state index in [1.807, 2.05) is 19.1 Å². The van der Waals surface area contributed by atoms with Crippen molar-refractivity contribution in [1.82, 2.24) is 25.1 Å². The van der Waals surface area contributed by atoms with Crippen molar-refractivity contribution in [1.29, 1.82) is 0 Å². The van der Waals surface area contributed by atoms with Gasteiger partial charge in [-0.1, -0.05) is 6.92 Å². The van der Waals surface area contributed by atoms with E-state index in [2.05, 4.69) is 20.4 Å². The van der Waals surface area contributed by atoms with E-state index in [-0.39, 0.29) is 11.8 Å². The molecule has 0 fully saturated rings. The van der Waals surface area contributed by atoms with Crippen molar-refractivity contribution in [3.63, 3.8) is 0 Å². The van der Waals surface area contributed by atoms with Gasteiger partial charge in [-0.2, -0.15) is 5.10 Å². The van der Waals surface area contributed by atoms with Crippen LogP contribution in [0.2, 0.25) is 0 Å². The molecule has 6 heteroatoms. The smallest absolute Gasteiger partial charge is 0.224 e. The summed E-state index contributed by atoms with van der Waals surface area (Å²) in [6, 6.07) is 3.99. The minimum Gasteiger partial charge on any atom is -0.356 e. The van der Waals surface area contributed by atoms with Crippen LogP contribution < -0.4 is 5.32 Å². The Bertz CT molecular complexity index is 512. The molecular weight excluding hydrogens is 254 g/mol. The van der Waals surface area contributed by atoms with E-state index in [1.165, 1.54) is 11.9 Å². The Balaban J connectivity index is 1.65. The number of aryl methyl sites for hydroxylation is 1. The molecule has 2 heterocycles. The van der Waals surface area contributed by atoms with E-state index in [0.29, 0.717) is 13.1 Å². The average Bonchev–Trinajstić information content (AvgIpc) is 2.97. The van der Waals surface area contributed by atoms with E-state index < -0.39 is 0 Å². The van der Waals surface area contributed by atoms with Crippen molar-refractivity contribution in [2.75, 3.05) is 6.54 Å². The van der Waals surface area contributed by atoms with Crippen LogP contribution >= 0.6 is 0 Å². The second-order valence-corrected chi connectivity index (χ2v) is 4.77. The van der Waals surface area contributed by atoms with E-state index in [0.717, 1.165) is 12.8 Å². The standard InChI is InChI=1S/C14H19N5O/c1-12(9-19-11-16-10-18-19)14(20)17-6-2-3-13-4-7-15-8-5-13/h4-5,7-8,10-12H,2-3,6,9H2,1H3,(H,17,20)/t12-/m1/s1. The molecule has 2 rings (SSSR count). The highest BCUT2D eigenvalue weighted by atomic mass is 16.1. The molecule has 1 amide bonds. The predicted octanol–water partition coefficient (Wildman–Crippen LogP) is 1.06. The lowest BCUT2D eigenvalue weighted by atomic mass is 10.1. The molecule has 1 N–H and O–H groups in total. The molecule has 0 aliphatic rings. The molecule has 0 unspecified atom stereocenters. The van der Waals surface area contributed by atoms with Crippen molar-refractivity contribution < 1.29 is 4.79 Å². The molecule has 2 aromatic heterocycles. The largest absolute Gasteiger partial charge is 0.356 e. The number of carbonyl (C=O) groups excluding carboxylic acids is 1. The van der Waals surface area contributed by atoms with Crippen molar-refractivity contribution >= 4 is 5.91 Å². The Morgan fingerprint density at radius 1 is 1.35 bits per heavy atom. The highest BCUT2D eigenvalue weighted by Gasteiger charge is 2.12. The third-order valence-electron chi connectivity index (χ3n) is 3.07. The molecule has 0 bridgehead atoms. The Kier molecular flexibility index (Phi) is 5.23. The number of amides is 1. The van der Waals surface area contributed by atoms with Crippen LogP contribution in [0.5, 0.6) is 0 Å². The fourth-order valence-corrected chi connectivity index (χ4v) is 1.92. The topological polar surface area (TPSA) is 72.7 Å². The zero-order chi connectivity index (χ0) is 14.2. The Morgan fingerprint density at radius 2 is 2.15 bits per heavy atom. The minimum atomic E-state index is -0.113. The first-order valence-corrected chi connectivity index (χ1v) is 6.74. The first-order chi connectivity index (χ1) is 9.75. The quantitative estimate of drug-likeness (QED) is 0.766. The van der Waals surface area contributed by atoms with Crippen LogP contribution in [-0.2, 0) is 17.8 Å². The van der Waals surface area contributed by atoms with Gasteiger partial charge in [0.1, 0.15) is 12.7 Å². The summed E-state index contributed by atoms with van der Waals surface area (Å²) in [5.41, 5.74) is 1.24. The molecule has 2 aromatic rings. The number of nitrogens with zero attached hydrogens (tertiary/aromatic N) is 4. The number of carbonyl (C=O) groups is 1. The number of hydrogen-bond donors (Lipinski definition) is 1. The average molecular weight is 273 g/mol. The zero-order valence-electron chi connectivity index (χ0n) is 11.6. The van der Waals surface area contributed by atoms with E-state index in [9.17, 15) is 4.79 Å². The first kappa shape index (κ1) is 14.2. The fraction of sp³-hybridized carbons (Fsp3) is 0.429. The van der Waals surface area contributed by atoms with Gasteiger partial charge >= 0.3 is 0 Å². The molecule has 1 atom stereocenters. The molecule has 0 aliphatic carbocycles. The van der Waals surface area contributed by atoms with Crippen LogP contribution in [0, 0.1) is 5.92 Å². The van der Waals surface area contributed by atoms with Gasteiger partial charge in [-0.3, -0.25) is 14.5 Å². The normalized spacial score (nSPS) is 12.1. The summed E-state index contributed by atoms with van der Waals surface area (Å²) in [5, 5.41) is 6.94. The van der Waals surface area contributed by atoms with Gasteiger partial charge in [0.15, 0.2) is 0 Å². The number of hydrogen-bond acceptors (Lipinski definition) is 4. The summed E-state index contributed by atoms with van der Waals surface area (Å²) in [4.78, 5) is 19.7. The van der Waals surface area contributed by atoms with Crippen LogP contribution in [0.15, 0.2) is 37.2 Å². The van der Waals surface area contributed by atoms with Gasteiger partial charge in [-0.15, -0.1) is 0 Å². The SMILES string of the molecule is C[C@H](Cn1cncn1)C(=O)NCCCc1ccncc1. The van der Waals surface area contributed by atoms with Crippen molar-refractivity contribution in [3.05, 3.63) is 42.7 Å². The summed E-state index contributed by atoms with van der Waals surface area (Å²) in [5.74, 6) is -0.0622. The zero-order valence-corrected chi connectivity index (χ0v) is 11.6. The molecule has 106 valence electrons. The van der Waals surface area contributed by atoms with Gasteiger partial charge in [-0.05, 0) is 30.5 Å². The summed E-state index contributed by atoms with van der Waals surface area (Å²) in [7, 11) is 0. The summed E-state index contributed by atoms with van der Waals surface area (Å²) in [6.45, 7) is 3.12. The first-order valence-electron chi connectivity index (χ1n) is 6.74. The van der Waals surface area contributed by atoms with Crippen LogP contribution in [0.1, 0.15) is 18.9 Å². The van der Waals surface area contributed by atoms with Gasteiger partial charge in [-0.25, -0.2) is 4.98 Å². The minimum absolute atomic E-state index is 0.0511. The molecular formula is C14H19N5O. The molecule has 20 heavy (non-hydrogen) atoms. The number of aromatic nitrogens is 4.